The summed E-state index contributed by atoms with van der Waals surface area (Å²) in [5.41, 5.74) is 13.3. The van der Waals surface area contributed by atoms with Crippen LogP contribution in [0.25, 0.3) is 44.9 Å². The first-order valence-corrected chi connectivity index (χ1v) is 14.5. The molecule has 0 unspecified atom stereocenters. The molecule has 0 spiro atoms. The summed E-state index contributed by atoms with van der Waals surface area (Å²) in [4.78, 5) is 17.5. The van der Waals surface area contributed by atoms with Gasteiger partial charge in [-0.15, -0.1) is 0 Å². The van der Waals surface area contributed by atoms with Crippen molar-refractivity contribution < 1.29 is 0 Å². The lowest BCUT2D eigenvalue weighted by atomic mass is 9.78. The number of anilines is 1. The molecule has 2 fully saturated rings. The van der Waals surface area contributed by atoms with E-state index in [2.05, 4.69) is 90.9 Å². The Balaban J connectivity index is 1.22. The van der Waals surface area contributed by atoms with E-state index < -0.39 is 0 Å². The fourth-order valence-electron chi connectivity index (χ4n) is 6.57. The third-order valence-corrected chi connectivity index (χ3v) is 8.73. The molecule has 3 aromatic heterocycles. The zero-order valence-corrected chi connectivity index (χ0v) is 22.8. The molecule has 1 saturated carbocycles. The minimum atomic E-state index is 0.406. The van der Waals surface area contributed by atoms with E-state index in [9.17, 15) is 0 Å². The van der Waals surface area contributed by atoms with Gasteiger partial charge >= 0.3 is 0 Å². The average Bonchev–Trinajstić information content (AvgIpc) is 3.58. The summed E-state index contributed by atoms with van der Waals surface area (Å²) in [7, 11) is 0. The van der Waals surface area contributed by atoms with E-state index in [1.165, 1.54) is 0 Å². The number of rotatable bonds is 5. The molecular weight excluding hydrogens is 508 g/mol. The maximum absolute atomic E-state index is 6.50. The second-order valence-electron chi connectivity index (χ2n) is 11.1. The Morgan fingerprint density at radius 1 is 0.829 bits per heavy atom. The van der Waals surface area contributed by atoms with Crippen LogP contribution in [0.1, 0.15) is 24.6 Å². The number of nitrogen functional groups attached to an aromatic ring is 1. The number of nitrogens with one attached hydrogen (secondary N) is 1. The van der Waals surface area contributed by atoms with Crippen LogP contribution in [0.15, 0.2) is 91.3 Å². The molecule has 3 aromatic carbocycles. The van der Waals surface area contributed by atoms with Crippen molar-refractivity contribution in [2.24, 2.45) is 0 Å². The average molecular weight is 541 g/mol. The van der Waals surface area contributed by atoms with Crippen molar-refractivity contribution in [2.75, 3.05) is 31.9 Å². The van der Waals surface area contributed by atoms with Crippen LogP contribution >= 0.6 is 0 Å². The standard InChI is InChI=1S/C33H32N8/c34-31-30-29(38-32(40(30)18-15-36-31)24-19-26(20-24)39-16-13-35-14-17-39)23-11-12-28-27(21-23)37-33(22-7-3-1-4-8-22)41(28)25-9-5-2-6-10-25/h1-12,15,18,21,24,26,35H,13-14,16-17,19-20H2,(H2,34,36). The number of aromatic nitrogens is 5. The molecule has 8 heteroatoms. The van der Waals surface area contributed by atoms with Crippen LogP contribution in [0.5, 0.6) is 0 Å². The van der Waals surface area contributed by atoms with Crippen LogP contribution in [0.2, 0.25) is 0 Å². The van der Waals surface area contributed by atoms with Crippen LogP contribution in [-0.4, -0.2) is 61.0 Å². The fourth-order valence-corrected chi connectivity index (χ4v) is 6.57. The number of imidazole rings is 2. The predicted molar refractivity (Wildman–Crippen MR) is 163 cm³/mol. The summed E-state index contributed by atoms with van der Waals surface area (Å²) < 4.78 is 4.39. The Kier molecular flexibility index (Phi) is 5.82. The summed E-state index contributed by atoms with van der Waals surface area (Å²) in [5, 5.41) is 3.46. The largest absolute Gasteiger partial charge is 0.382 e. The highest BCUT2D eigenvalue weighted by atomic mass is 15.2. The summed E-state index contributed by atoms with van der Waals surface area (Å²) in [6, 6.07) is 27.8. The summed E-state index contributed by atoms with van der Waals surface area (Å²) in [5.74, 6) is 2.90. The van der Waals surface area contributed by atoms with E-state index in [4.69, 9.17) is 15.7 Å². The van der Waals surface area contributed by atoms with Crippen molar-refractivity contribution in [3.8, 4) is 28.3 Å². The Bertz CT molecular complexity index is 1850. The van der Waals surface area contributed by atoms with E-state index >= 15 is 0 Å². The van der Waals surface area contributed by atoms with Crippen molar-refractivity contribution >= 4 is 22.4 Å². The molecule has 1 aliphatic heterocycles. The number of benzene rings is 3. The van der Waals surface area contributed by atoms with Gasteiger partial charge in [0.15, 0.2) is 0 Å². The molecule has 0 amide bonds. The number of fused-ring (bicyclic) bond motifs is 2. The number of hydrogen-bond donors (Lipinski definition) is 2. The van der Waals surface area contributed by atoms with Crippen molar-refractivity contribution in [1.82, 2.24) is 34.1 Å². The summed E-state index contributed by atoms with van der Waals surface area (Å²) >= 11 is 0. The molecule has 6 aromatic rings. The van der Waals surface area contributed by atoms with Crippen molar-refractivity contribution in [3.63, 3.8) is 0 Å². The van der Waals surface area contributed by atoms with Gasteiger partial charge in [-0.3, -0.25) is 13.9 Å². The van der Waals surface area contributed by atoms with Gasteiger partial charge in [0.2, 0.25) is 0 Å². The van der Waals surface area contributed by atoms with Crippen LogP contribution in [0.3, 0.4) is 0 Å². The normalized spacial score (nSPS) is 19.5. The molecule has 3 N–H and O–H groups in total. The van der Waals surface area contributed by atoms with E-state index in [0.717, 1.165) is 89.7 Å². The number of nitrogens with two attached hydrogens (primary N) is 1. The van der Waals surface area contributed by atoms with Crippen molar-refractivity contribution in [2.45, 2.75) is 24.8 Å². The minimum absolute atomic E-state index is 0.406. The van der Waals surface area contributed by atoms with E-state index in [0.29, 0.717) is 17.8 Å². The van der Waals surface area contributed by atoms with Gasteiger partial charge in [-0.2, -0.15) is 0 Å². The van der Waals surface area contributed by atoms with Crippen molar-refractivity contribution in [1.29, 1.82) is 0 Å². The molecular formula is C33H32N8. The Morgan fingerprint density at radius 3 is 2.37 bits per heavy atom. The molecule has 0 radical (unpaired) electrons. The number of para-hydroxylation sites is 1. The lowest BCUT2D eigenvalue weighted by Crippen LogP contribution is -2.52. The number of nitrogens with zero attached hydrogens (tertiary/aromatic N) is 6. The number of piperazine rings is 1. The smallest absolute Gasteiger partial charge is 0.150 e. The molecule has 8 rings (SSSR count). The SMILES string of the molecule is Nc1nccn2c(C3CC(N4CCNCC4)C3)nc(-c3ccc4c(c3)nc(-c3ccccc3)n4-c3ccccc3)c12. The van der Waals surface area contributed by atoms with Gasteiger partial charge in [-0.25, -0.2) is 15.0 Å². The first kappa shape index (κ1) is 24.3. The highest BCUT2D eigenvalue weighted by Gasteiger charge is 2.38. The molecule has 1 saturated heterocycles. The monoisotopic (exact) mass is 540 g/mol. The van der Waals surface area contributed by atoms with Gasteiger partial charge in [0, 0.05) is 67.3 Å². The van der Waals surface area contributed by atoms with Gasteiger partial charge in [0.1, 0.15) is 28.7 Å². The third-order valence-electron chi connectivity index (χ3n) is 8.73. The Morgan fingerprint density at radius 2 is 1.59 bits per heavy atom. The quantitative estimate of drug-likeness (QED) is 0.315. The topological polar surface area (TPSA) is 89.3 Å². The molecule has 204 valence electrons. The highest BCUT2D eigenvalue weighted by molar-refractivity contribution is 5.92. The Labute approximate surface area is 238 Å². The van der Waals surface area contributed by atoms with E-state index in [-0.39, 0.29) is 0 Å². The van der Waals surface area contributed by atoms with Gasteiger partial charge in [-0.05, 0) is 37.1 Å². The van der Waals surface area contributed by atoms with Crippen LogP contribution in [0.4, 0.5) is 5.82 Å². The summed E-state index contributed by atoms with van der Waals surface area (Å²) in [6.07, 6.45) is 6.04. The second-order valence-corrected chi connectivity index (χ2v) is 11.1. The zero-order chi connectivity index (χ0) is 27.3. The molecule has 4 heterocycles. The van der Waals surface area contributed by atoms with Gasteiger partial charge in [-0.1, -0.05) is 54.6 Å². The molecule has 0 atom stereocenters. The van der Waals surface area contributed by atoms with E-state index in [1.807, 2.05) is 18.3 Å². The van der Waals surface area contributed by atoms with Gasteiger partial charge < -0.3 is 11.1 Å². The van der Waals surface area contributed by atoms with Crippen molar-refractivity contribution in [3.05, 3.63) is 97.1 Å². The Hall–Kier alpha value is -4.53. The zero-order valence-electron chi connectivity index (χ0n) is 22.8. The van der Waals surface area contributed by atoms with Crippen LogP contribution in [-0.2, 0) is 0 Å². The highest BCUT2D eigenvalue weighted by Crippen LogP contribution is 2.42. The van der Waals surface area contributed by atoms with Gasteiger partial charge in [0.25, 0.3) is 0 Å². The third kappa shape index (κ3) is 4.10. The molecule has 2 aliphatic rings. The number of hydrogen-bond acceptors (Lipinski definition) is 6. The lowest BCUT2D eigenvalue weighted by molar-refractivity contribution is 0.0928. The first-order chi connectivity index (χ1) is 20.2. The molecule has 41 heavy (non-hydrogen) atoms. The molecule has 0 bridgehead atoms. The summed E-state index contributed by atoms with van der Waals surface area (Å²) in [6.45, 7) is 4.41. The second kappa shape index (κ2) is 9.83. The lowest BCUT2D eigenvalue weighted by Gasteiger charge is -2.44. The maximum atomic E-state index is 6.50. The fraction of sp³-hybridized carbons (Fsp3) is 0.242. The maximum Gasteiger partial charge on any atom is 0.150 e. The predicted octanol–water partition coefficient (Wildman–Crippen LogP) is 5.14. The van der Waals surface area contributed by atoms with Gasteiger partial charge in [0.05, 0.1) is 11.0 Å². The first-order valence-electron chi connectivity index (χ1n) is 14.5. The minimum Gasteiger partial charge on any atom is -0.382 e. The van der Waals surface area contributed by atoms with Crippen LogP contribution < -0.4 is 11.1 Å². The van der Waals surface area contributed by atoms with E-state index in [1.54, 1.807) is 6.20 Å². The molecule has 8 nitrogen and oxygen atoms in total. The molecule has 1 aliphatic carbocycles. The van der Waals surface area contributed by atoms with Crippen LogP contribution in [0, 0.1) is 0 Å².